The van der Waals surface area contributed by atoms with Gasteiger partial charge in [-0.3, -0.25) is 4.31 Å². The van der Waals surface area contributed by atoms with E-state index in [1.807, 2.05) is 12.1 Å². The summed E-state index contributed by atoms with van der Waals surface area (Å²) in [5, 5.41) is 0.112. The first-order valence-corrected chi connectivity index (χ1v) is 12.8. The Morgan fingerprint density at radius 1 is 1.18 bits per heavy atom. The second kappa shape index (κ2) is 7.03. The molecular formula is C15H26BrNO3SSi. The molecule has 0 aliphatic rings. The number of anilines is 1. The molecule has 0 aromatic heterocycles. The van der Waals surface area contributed by atoms with Crippen molar-refractivity contribution in [3.8, 4) is 0 Å². The number of rotatable bonds is 6. The van der Waals surface area contributed by atoms with Crippen LogP contribution in [0.2, 0.25) is 18.1 Å². The maximum absolute atomic E-state index is 12.0. The minimum Gasteiger partial charge on any atom is -0.415 e. The highest BCUT2D eigenvalue weighted by Gasteiger charge is 2.37. The average molecular weight is 408 g/mol. The Bertz CT molecular complexity index is 594. The van der Waals surface area contributed by atoms with Crippen LogP contribution in [0.1, 0.15) is 20.8 Å². The van der Waals surface area contributed by atoms with Crippen molar-refractivity contribution in [2.45, 2.75) is 38.9 Å². The van der Waals surface area contributed by atoms with Gasteiger partial charge in [-0.1, -0.05) is 36.7 Å². The third-order valence-corrected chi connectivity index (χ3v) is 10.3. The molecular weight excluding hydrogens is 382 g/mol. The van der Waals surface area contributed by atoms with E-state index >= 15 is 0 Å². The number of sulfonamides is 1. The van der Waals surface area contributed by atoms with Gasteiger partial charge in [-0.15, -0.1) is 0 Å². The molecule has 1 aromatic rings. The highest BCUT2D eigenvalue weighted by molar-refractivity contribution is 9.10. The van der Waals surface area contributed by atoms with E-state index in [2.05, 4.69) is 49.8 Å². The zero-order chi connectivity index (χ0) is 17.2. The predicted molar refractivity (Wildman–Crippen MR) is 99.5 cm³/mol. The first-order valence-electron chi connectivity index (χ1n) is 7.22. The van der Waals surface area contributed by atoms with Crippen LogP contribution in [0.15, 0.2) is 28.7 Å². The number of hydrogen-bond donors (Lipinski definition) is 0. The van der Waals surface area contributed by atoms with Gasteiger partial charge in [0.1, 0.15) is 0 Å². The van der Waals surface area contributed by atoms with Gasteiger partial charge < -0.3 is 4.43 Å². The smallest absolute Gasteiger partial charge is 0.232 e. The molecule has 0 spiro atoms. The molecule has 0 saturated heterocycles. The van der Waals surface area contributed by atoms with Crippen molar-refractivity contribution >= 4 is 40.0 Å². The van der Waals surface area contributed by atoms with Gasteiger partial charge >= 0.3 is 0 Å². The Balaban J connectivity index is 2.83. The first kappa shape index (κ1) is 19.7. The maximum Gasteiger partial charge on any atom is 0.232 e. The summed E-state index contributed by atoms with van der Waals surface area (Å²) in [6, 6.07) is 7.25. The van der Waals surface area contributed by atoms with Crippen molar-refractivity contribution in [3.05, 3.63) is 28.7 Å². The van der Waals surface area contributed by atoms with Crippen molar-refractivity contribution in [1.29, 1.82) is 0 Å². The molecule has 126 valence electrons. The molecule has 0 saturated carbocycles. The molecule has 0 aliphatic carbocycles. The summed E-state index contributed by atoms with van der Waals surface area (Å²) in [4.78, 5) is 0. The zero-order valence-corrected chi connectivity index (χ0v) is 17.6. The minimum absolute atomic E-state index is 0.112. The van der Waals surface area contributed by atoms with Crippen LogP contribution in [-0.4, -0.2) is 36.1 Å². The number of hydrogen-bond acceptors (Lipinski definition) is 3. The molecule has 0 fully saturated rings. The van der Waals surface area contributed by atoms with Crippen molar-refractivity contribution < 1.29 is 12.8 Å². The molecule has 4 nitrogen and oxygen atoms in total. The second-order valence-corrected chi connectivity index (χ2v) is 14.6. The van der Waals surface area contributed by atoms with Gasteiger partial charge in [0.05, 0.1) is 25.1 Å². The fourth-order valence-corrected chi connectivity index (χ4v) is 3.90. The topological polar surface area (TPSA) is 46.6 Å². The summed E-state index contributed by atoms with van der Waals surface area (Å²) in [5.74, 6) is 0. The summed E-state index contributed by atoms with van der Waals surface area (Å²) in [7, 11) is -5.20. The summed E-state index contributed by atoms with van der Waals surface area (Å²) < 4.78 is 32.5. The molecule has 0 bridgehead atoms. The molecule has 1 aromatic carbocycles. The molecule has 22 heavy (non-hydrogen) atoms. The third kappa shape index (κ3) is 5.37. The Labute approximate surface area is 144 Å². The highest BCUT2D eigenvalue weighted by atomic mass is 79.9. The predicted octanol–water partition coefficient (Wildman–Crippen LogP) is 4.24. The van der Waals surface area contributed by atoms with E-state index in [-0.39, 0.29) is 5.04 Å². The van der Waals surface area contributed by atoms with Crippen LogP contribution in [0.3, 0.4) is 0 Å². The lowest BCUT2D eigenvalue weighted by molar-refractivity contribution is 0.298. The van der Waals surface area contributed by atoms with Gasteiger partial charge in [-0.25, -0.2) is 8.42 Å². The van der Waals surface area contributed by atoms with E-state index in [4.69, 9.17) is 4.43 Å². The molecule has 0 N–H and O–H groups in total. The molecule has 0 heterocycles. The number of nitrogens with zero attached hydrogens (tertiary/aromatic N) is 1. The molecule has 7 heteroatoms. The average Bonchev–Trinajstić information content (AvgIpc) is 2.33. The number of halogens is 1. The van der Waals surface area contributed by atoms with Crippen molar-refractivity contribution in [1.82, 2.24) is 0 Å². The van der Waals surface area contributed by atoms with Crippen molar-refractivity contribution in [2.75, 3.05) is 23.7 Å². The minimum atomic E-state index is -3.33. The summed E-state index contributed by atoms with van der Waals surface area (Å²) >= 11 is 3.36. The van der Waals surface area contributed by atoms with E-state index in [1.165, 1.54) is 10.6 Å². The largest absolute Gasteiger partial charge is 0.415 e. The van der Waals surface area contributed by atoms with Gasteiger partial charge in [0.2, 0.25) is 10.0 Å². The molecule has 0 amide bonds. The Morgan fingerprint density at radius 3 is 2.09 bits per heavy atom. The lowest BCUT2D eigenvalue weighted by atomic mass is 10.2. The summed E-state index contributed by atoms with van der Waals surface area (Å²) in [6.45, 7) is 11.6. The lowest BCUT2D eigenvalue weighted by Crippen LogP contribution is -2.43. The van der Waals surface area contributed by atoms with Crippen LogP contribution in [0.5, 0.6) is 0 Å². The zero-order valence-electron chi connectivity index (χ0n) is 14.2. The Kier molecular flexibility index (Phi) is 6.28. The van der Waals surface area contributed by atoms with Gasteiger partial charge in [0.25, 0.3) is 0 Å². The van der Waals surface area contributed by atoms with E-state index in [0.717, 1.165) is 4.47 Å². The molecule has 0 radical (unpaired) electrons. The van der Waals surface area contributed by atoms with E-state index in [1.54, 1.807) is 12.1 Å². The van der Waals surface area contributed by atoms with Crippen LogP contribution >= 0.6 is 15.9 Å². The maximum atomic E-state index is 12.0. The summed E-state index contributed by atoms with van der Waals surface area (Å²) in [6.07, 6.45) is 1.22. The standard InChI is InChI=1S/C15H26BrNO3SSi/c1-15(2,3)22(5,6)20-12-11-17(21(4,18)19)14-9-7-13(16)8-10-14/h7-10H,11-12H2,1-6H3. The van der Waals surface area contributed by atoms with Crippen LogP contribution in [0.25, 0.3) is 0 Å². The van der Waals surface area contributed by atoms with E-state index in [0.29, 0.717) is 18.8 Å². The van der Waals surface area contributed by atoms with Crippen LogP contribution in [-0.2, 0) is 14.4 Å². The van der Waals surface area contributed by atoms with Crippen LogP contribution < -0.4 is 4.31 Å². The van der Waals surface area contributed by atoms with Crippen molar-refractivity contribution in [2.24, 2.45) is 0 Å². The van der Waals surface area contributed by atoms with Crippen LogP contribution in [0.4, 0.5) is 5.69 Å². The van der Waals surface area contributed by atoms with E-state index < -0.39 is 18.3 Å². The van der Waals surface area contributed by atoms with E-state index in [9.17, 15) is 8.42 Å². The molecule has 0 aliphatic heterocycles. The quantitative estimate of drug-likeness (QED) is 0.662. The third-order valence-electron chi connectivity index (χ3n) is 4.08. The van der Waals surface area contributed by atoms with Gasteiger partial charge in [-0.05, 0) is 42.4 Å². The lowest BCUT2D eigenvalue weighted by Gasteiger charge is -2.36. The Hall–Kier alpha value is -0.373. The molecule has 1 rings (SSSR count). The molecule has 0 unspecified atom stereocenters. The second-order valence-electron chi connectivity index (χ2n) is 6.92. The SMILES string of the molecule is CC(C)(C)[Si](C)(C)OCCN(c1ccc(Br)cc1)S(C)(=O)=O. The summed E-state index contributed by atoms with van der Waals surface area (Å²) in [5.41, 5.74) is 0.657. The first-order chi connectivity index (χ1) is 9.84. The normalized spacial score (nSPS) is 13.2. The molecule has 0 atom stereocenters. The Morgan fingerprint density at radius 2 is 1.68 bits per heavy atom. The van der Waals surface area contributed by atoms with Crippen molar-refractivity contribution in [3.63, 3.8) is 0 Å². The van der Waals surface area contributed by atoms with Gasteiger partial charge in [-0.2, -0.15) is 0 Å². The van der Waals surface area contributed by atoms with Crippen LogP contribution in [0, 0.1) is 0 Å². The highest BCUT2D eigenvalue weighted by Crippen LogP contribution is 2.36. The number of benzene rings is 1. The fourth-order valence-electron chi connectivity index (χ4n) is 1.69. The fraction of sp³-hybridized carbons (Fsp3) is 0.600. The van der Waals surface area contributed by atoms with Gasteiger partial charge in [0.15, 0.2) is 8.32 Å². The van der Waals surface area contributed by atoms with Gasteiger partial charge in [0, 0.05) is 4.47 Å². The monoisotopic (exact) mass is 407 g/mol.